The Labute approximate surface area is 200 Å². The highest BCUT2D eigenvalue weighted by atomic mass is 35.5. The number of carbonyl (C=O) groups excluding carboxylic acids is 1. The minimum atomic E-state index is -0.155. The molecule has 4 rings (SSSR count). The molecule has 1 aromatic heterocycles. The molecule has 0 spiro atoms. The van der Waals surface area contributed by atoms with E-state index in [1.54, 1.807) is 43.5 Å². The first-order chi connectivity index (χ1) is 16.1. The summed E-state index contributed by atoms with van der Waals surface area (Å²) in [5.74, 6) is 2.08. The van der Waals surface area contributed by atoms with Gasteiger partial charge >= 0.3 is 0 Å². The second-order valence-corrected chi connectivity index (χ2v) is 8.26. The molecule has 0 aliphatic rings. The molecular formula is C24H21ClN4O3S. The summed E-state index contributed by atoms with van der Waals surface area (Å²) < 4.78 is 12.9. The van der Waals surface area contributed by atoms with Crippen molar-refractivity contribution in [1.82, 2.24) is 14.8 Å². The fraction of sp³-hybridized carbons (Fsp3) is 0.125. The van der Waals surface area contributed by atoms with Crippen molar-refractivity contribution in [2.75, 3.05) is 18.2 Å². The van der Waals surface area contributed by atoms with Crippen LogP contribution < -0.4 is 14.8 Å². The van der Waals surface area contributed by atoms with E-state index in [0.29, 0.717) is 21.7 Å². The standard InChI is InChI=1S/C24H21ClN4O3S/c1-31-20-13-9-18(10-14-20)26-23(30)16-33-24-28-27-22(15-32-21-5-3-2-4-6-21)29(24)19-11-7-17(25)8-12-19/h2-14H,15-16H2,1H3,(H,26,30). The average Bonchev–Trinajstić information content (AvgIpc) is 3.26. The molecule has 0 aliphatic carbocycles. The maximum Gasteiger partial charge on any atom is 0.234 e. The van der Waals surface area contributed by atoms with Crippen molar-refractivity contribution in [3.8, 4) is 17.2 Å². The molecule has 9 heteroatoms. The summed E-state index contributed by atoms with van der Waals surface area (Å²) in [6.07, 6.45) is 0. The number of ether oxygens (including phenoxy) is 2. The van der Waals surface area contributed by atoms with Gasteiger partial charge in [0.25, 0.3) is 0 Å². The van der Waals surface area contributed by atoms with Crippen molar-refractivity contribution in [1.29, 1.82) is 0 Å². The SMILES string of the molecule is COc1ccc(NC(=O)CSc2nnc(COc3ccccc3)n2-c2ccc(Cl)cc2)cc1. The zero-order chi connectivity index (χ0) is 23.0. The first-order valence-electron chi connectivity index (χ1n) is 10.1. The molecule has 33 heavy (non-hydrogen) atoms. The highest BCUT2D eigenvalue weighted by Gasteiger charge is 2.17. The second-order valence-electron chi connectivity index (χ2n) is 6.88. The van der Waals surface area contributed by atoms with Gasteiger partial charge in [0.15, 0.2) is 11.0 Å². The summed E-state index contributed by atoms with van der Waals surface area (Å²) in [4.78, 5) is 12.5. The molecule has 0 radical (unpaired) electrons. The van der Waals surface area contributed by atoms with Gasteiger partial charge in [-0.25, -0.2) is 0 Å². The smallest absolute Gasteiger partial charge is 0.234 e. The number of nitrogens with one attached hydrogen (secondary N) is 1. The number of halogens is 1. The molecule has 3 aromatic carbocycles. The number of hydrogen-bond donors (Lipinski definition) is 1. The molecule has 1 N–H and O–H groups in total. The minimum Gasteiger partial charge on any atom is -0.497 e. The summed E-state index contributed by atoms with van der Waals surface area (Å²) in [5.41, 5.74) is 1.52. The van der Waals surface area contributed by atoms with Crippen molar-refractivity contribution in [3.63, 3.8) is 0 Å². The zero-order valence-electron chi connectivity index (χ0n) is 17.8. The lowest BCUT2D eigenvalue weighted by Crippen LogP contribution is -2.14. The Bertz CT molecular complexity index is 1200. The predicted molar refractivity (Wildman–Crippen MR) is 129 cm³/mol. The van der Waals surface area contributed by atoms with Gasteiger partial charge in [0.2, 0.25) is 5.91 Å². The number of rotatable bonds is 9. The van der Waals surface area contributed by atoms with E-state index in [1.165, 1.54) is 11.8 Å². The minimum absolute atomic E-state index is 0.155. The van der Waals surface area contributed by atoms with Crippen LogP contribution in [0.5, 0.6) is 11.5 Å². The molecule has 168 valence electrons. The number of para-hydroxylation sites is 1. The van der Waals surface area contributed by atoms with Gasteiger partial charge < -0.3 is 14.8 Å². The lowest BCUT2D eigenvalue weighted by atomic mass is 10.3. The maximum absolute atomic E-state index is 12.5. The van der Waals surface area contributed by atoms with Crippen LogP contribution in [0.1, 0.15) is 5.82 Å². The van der Waals surface area contributed by atoms with Gasteiger partial charge in [-0.2, -0.15) is 0 Å². The van der Waals surface area contributed by atoms with Crippen LogP contribution in [0, 0.1) is 0 Å². The quantitative estimate of drug-likeness (QED) is 0.330. The lowest BCUT2D eigenvalue weighted by molar-refractivity contribution is -0.113. The van der Waals surface area contributed by atoms with Crippen LogP contribution in [0.25, 0.3) is 5.69 Å². The monoisotopic (exact) mass is 480 g/mol. The molecule has 0 bridgehead atoms. The zero-order valence-corrected chi connectivity index (χ0v) is 19.3. The third-order valence-electron chi connectivity index (χ3n) is 4.60. The Morgan fingerprint density at radius 1 is 0.970 bits per heavy atom. The Kier molecular flexibility index (Phi) is 7.49. The largest absolute Gasteiger partial charge is 0.497 e. The fourth-order valence-electron chi connectivity index (χ4n) is 3.00. The Balaban J connectivity index is 1.48. The Morgan fingerprint density at radius 3 is 2.39 bits per heavy atom. The number of nitrogens with zero attached hydrogens (tertiary/aromatic N) is 3. The number of amides is 1. The average molecular weight is 481 g/mol. The highest BCUT2D eigenvalue weighted by Crippen LogP contribution is 2.25. The maximum atomic E-state index is 12.5. The van der Waals surface area contributed by atoms with Gasteiger partial charge in [0.1, 0.15) is 18.1 Å². The molecule has 0 aliphatic heterocycles. The fourth-order valence-corrected chi connectivity index (χ4v) is 3.90. The van der Waals surface area contributed by atoms with Gasteiger partial charge in [0.05, 0.1) is 12.9 Å². The van der Waals surface area contributed by atoms with Crippen LogP contribution in [0.4, 0.5) is 5.69 Å². The van der Waals surface area contributed by atoms with E-state index >= 15 is 0 Å². The van der Waals surface area contributed by atoms with Crippen molar-refractivity contribution < 1.29 is 14.3 Å². The molecule has 0 fully saturated rings. The van der Waals surface area contributed by atoms with Crippen LogP contribution in [0.15, 0.2) is 84.0 Å². The van der Waals surface area contributed by atoms with Crippen molar-refractivity contribution in [2.24, 2.45) is 0 Å². The second kappa shape index (κ2) is 10.9. The Hall–Kier alpha value is -3.49. The number of thioether (sulfide) groups is 1. The van der Waals surface area contributed by atoms with Gasteiger partial charge in [-0.15, -0.1) is 10.2 Å². The molecular weight excluding hydrogens is 460 g/mol. The van der Waals surface area contributed by atoms with Crippen LogP contribution in [-0.2, 0) is 11.4 Å². The van der Waals surface area contributed by atoms with Crippen molar-refractivity contribution in [2.45, 2.75) is 11.8 Å². The third kappa shape index (κ3) is 6.06. The van der Waals surface area contributed by atoms with E-state index in [4.69, 9.17) is 21.1 Å². The van der Waals surface area contributed by atoms with Gasteiger partial charge in [-0.3, -0.25) is 9.36 Å². The summed E-state index contributed by atoms with van der Waals surface area (Å²) >= 11 is 7.35. The molecule has 1 amide bonds. The first kappa shape index (κ1) is 22.7. The number of benzene rings is 3. The summed E-state index contributed by atoms with van der Waals surface area (Å²) in [6, 6.07) is 24.0. The molecule has 0 saturated carbocycles. The van der Waals surface area contributed by atoms with E-state index in [-0.39, 0.29) is 18.3 Å². The lowest BCUT2D eigenvalue weighted by Gasteiger charge is -2.11. The molecule has 7 nitrogen and oxygen atoms in total. The number of anilines is 1. The van der Waals surface area contributed by atoms with E-state index in [9.17, 15) is 4.79 Å². The number of aromatic nitrogens is 3. The van der Waals surface area contributed by atoms with E-state index in [0.717, 1.165) is 17.2 Å². The van der Waals surface area contributed by atoms with E-state index < -0.39 is 0 Å². The molecule has 1 heterocycles. The summed E-state index contributed by atoms with van der Waals surface area (Å²) in [6.45, 7) is 0.220. The van der Waals surface area contributed by atoms with Crippen LogP contribution >= 0.6 is 23.4 Å². The predicted octanol–water partition coefficient (Wildman–Crippen LogP) is 5.24. The number of hydrogen-bond acceptors (Lipinski definition) is 6. The molecule has 4 aromatic rings. The van der Waals surface area contributed by atoms with Crippen LogP contribution in [-0.4, -0.2) is 33.5 Å². The molecule has 0 unspecified atom stereocenters. The van der Waals surface area contributed by atoms with Gasteiger partial charge in [0, 0.05) is 16.4 Å². The summed E-state index contributed by atoms with van der Waals surface area (Å²) in [7, 11) is 1.60. The molecule has 0 atom stereocenters. The van der Waals surface area contributed by atoms with Crippen LogP contribution in [0.2, 0.25) is 5.02 Å². The van der Waals surface area contributed by atoms with E-state index in [2.05, 4.69) is 15.5 Å². The normalized spacial score (nSPS) is 10.6. The van der Waals surface area contributed by atoms with E-state index in [1.807, 2.05) is 47.0 Å². The number of carbonyl (C=O) groups is 1. The molecule has 0 saturated heterocycles. The first-order valence-corrected chi connectivity index (χ1v) is 11.4. The third-order valence-corrected chi connectivity index (χ3v) is 5.78. The Morgan fingerprint density at radius 2 is 1.70 bits per heavy atom. The van der Waals surface area contributed by atoms with Crippen molar-refractivity contribution >= 4 is 35.0 Å². The van der Waals surface area contributed by atoms with Crippen molar-refractivity contribution in [3.05, 3.63) is 89.7 Å². The topological polar surface area (TPSA) is 78.3 Å². The van der Waals surface area contributed by atoms with Crippen LogP contribution in [0.3, 0.4) is 0 Å². The summed E-state index contributed by atoms with van der Waals surface area (Å²) in [5, 5.41) is 12.7. The number of methoxy groups -OCH3 is 1. The highest BCUT2D eigenvalue weighted by molar-refractivity contribution is 7.99. The van der Waals surface area contributed by atoms with Gasteiger partial charge in [-0.05, 0) is 60.7 Å². The van der Waals surface area contributed by atoms with Gasteiger partial charge in [-0.1, -0.05) is 41.6 Å².